The summed E-state index contributed by atoms with van der Waals surface area (Å²) in [5.74, 6) is -0.407. The van der Waals surface area contributed by atoms with Crippen molar-refractivity contribution in [2.45, 2.75) is 6.92 Å². The van der Waals surface area contributed by atoms with Crippen molar-refractivity contribution < 1.29 is 19.6 Å². The highest BCUT2D eigenvalue weighted by Gasteiger charge is 2.06. The summed E-state index contributed by atoms with van der Waals surface area (Å²) in [6.07, 6.45) is 1.06. The van der Waals surface area contributed by atoms with Gasteiger partial charge in [0.25, 0.3) is 11.6 Å². The molecule has 0 spiro atoms. The molecule has 0 aliphatic heterocycles. The molecule has 1 amide bonds. The van der Waals surface area contributed by atoms with Gasteiger partial charge in [-0.25, -0.2) is 5.43 Å². The quantitative estimate of drug-likeness (QED) is 0.490. The second kappa shape index (κ2) is 7.73. The average molecular weight is 328 g/mol. The number of nitro benzene ring substituents is 1. The molecule has 0 atom stereocenters. The fraction of sp³-hybridized carbons (Fsp3) is 0.125. The zero-order valence-corrected chi connectivity index (χ0v) is 12.8. The monoisotopic (exact) mass is 328 g/mol. The summed E-state index contributed by atoms with van der Waals surface area (Å²) < 4.78 is 5.29. The molecule has 0 aliphatic rings. The number of carbonyl (C=O) groups is 1. The van der Waals surface area contributed by atoms with E-state index in [1.54, 1.807) is 18.2 Å². The predicted octanol–water partition coefficient (Wildman–Crippen LogP) is 1.51. The zero-order valence-electron chi connectivity index (χ0n) is 12.8. The van der Waals surface area contributed by atoms with Crippen molar-refractivity contribution in [3.05, 3.63) is 63.7 Å². The van der Waals surface area contributed by atoms with Crippen LogP contribution in [-0.4, -0.2) is 23.7 Å². The minimum Gasteiger partial charge on any atom is -0.872 e. The van der Waals surface area contributed by atoms with Crippen LogP contribution in [0, 0.1) is 17.0 Å². The fourth-order valence-electron chi connectivity index (χ4n) is 1.81. The Hall–Kier alpha value is -3.42. The number of amides is 1. The molecule has 0 radical (unpaired) electrons. The highest BCUT2D eigenvalue weighted by atomic mass is 16.6. The number of nitrogens with one attached hydrogen (secondary N) is 1. The van der Waals surface area contributed by atoms with Gasteiger partial charge in [0.1, 0.15) is 5.75 Å². The van der Waals surface area contributed by atoms with E-state index in [9.17, 15) is 20.0 Å². The van der Waals surface area contributed by atoms with Crippen molar-refractivity contribution in [3.63, 3.8) is 0 Å². The van der Waals surface area contributed by atoms with Crippen molar-refractivity contribution in [2.75, 3.05) is 6.61 Å². The van der Waals surface area contributed by atoms with E-state index in [0.29, 0.717) is 5.75 Å². The molecule has 8 nitrogen and oxygen atoms in total. The van der Waals surface area contributed by atoms with Crippen molar-refractivity contribution in [3.8, 4) is 11.5 Å². The van der Waals surface area contributed by atoms with Crippen LogP contribution in [0.25, 0.3) is 0 Å². The maximum absolute atomic E-state index is 11.6. The standard InChI is InChI=1S/C16H15N3O5/c1-11-3-2-4-14(7-11)24-10-16(21)18-17-9-12-8-13(19(22)23)5-6-15(12)20/h2-9,20H,10H2,1H3,(H,18,21)/p-1/b17-9-. The van der Waals surface area contributed by atoms with Crippen molar-refractivity contribution in [2.24, 2.45) is 5.10 Å². The molecule has 0 aliphatic carbocycles. The van der Waals surface area contributed by atoms with E-state index in [2.05, 4.69) is 10.5 Å². The Morgan fingerprint density at radius 2 is 2.12 bits per heavy atom. The fourth-order valence-corrected chi connectivity index (χ4v) is 1.81. The van der Waals surface area contributed by atoms with Crippen LogP contribution in [0.15, 0.2) is 47.6 Å². The molecule has 2 aromatic carbocycles. The molecule has 0 aromatic heterocycles. The predicted molar refractivity (Wildman–Crippen MR) is 85.0 cm³/mol. The Labute approximate surface area is 137 Å². The largest absolute Gasteiger partial charge is 0.872 e. The first kappa shape index (κ1) is 16.9. The summed E-state index contributed by atoms with van der Waals surface area (Å²) in [7, 11) is 0. The van der Waals surface area contributed by atoms with E-state index >= 15 is 0 Å². The van der Waals surface area contributed by atoms with Gasteiger partial charge in [0.15, 0.2) is 6.61 Å². The molecule has 2 rings (SSSR count). The third kappa shape index (κ3) is 4.80. The number of nitrogens with zero attached hydrogens (tertiary/aromatic N) is 2. The molecule has 0 saturated carbocycles. The normalized spacial score (nSPS) is 10.5. The molecule has 8 heteroatoms. The summed E-state index contributed by atoms with van der Waals surface area (Å²) in [5.41, 5.74) is 2.96. The number of carbonyl (C=O) groups excluding carboxylic acids is 1. The Kier molecular flexibility index (Phi) is 5.45. The molecule has 124 valence electrons. The van der Waals surface area contributed by atoms with Gasteiger partial charge >= 0.3 is 0 Å². The zero-order chi connectivity index (χ0) is 17.5. The van der Waals surface area contributed by atoms with E-state index in [1.807, 2.05) is 13.0 Å². The summed E-state index contributed by atoms with van der Waals surface area (Å²) in [5, 5.41) is 25.8. The number of hydrogen-bond donors (Lipinski definition) is 1. The Morgan fingerprint density at radius 1 is 1.33 bits per heavy atom. The van der Waals surface area contributed by atoms with E-state index < -0.39 is 16.6 Å². The van der Waals surface area contributed by atoms with Gasteiger partial charge in [0.05, 0.1) is 11.1 Å². The third-order valence-corrected chi connectivity index (χ3v) is 2.96. The number of benzene rings is 2. The molecule has 0 saturated heterocycles. The van der Waals surface area contributed by atoms with Crippen LogP contribution in [0.5, 0.6) is 11.5 Å². The Morgan fingerprint density at radius 3 is 2.83 bits per heavy atom. The van der Waals surface area contributed by atoms with Gasteiger partial charge in [-0.1, -0.05) is 23.9 Å². The molecule has 0 unspecified atom stereocenters. The van der Waals surface area contributed by atoms with Crippen LogP contribution in [-0.2, 0) is 4.79 Å². The Balaban J connectivity index is 1.90. The van der Waals surface area contributed by atoms with Crippen LogP contribution in [0.4, 0.5) is 5.69 Å². The second-order valence-corrected chi connectivity index (χ2v) is 4.88. The summed E-state index contributed by atoms with van der Waals surface area (Å²) in [6.45, 7) is 1.65. The van der Waals surface area contributed by atoms with E-state index in [4.69, 9.17) is 4.74 Å². The average Bonchev–Trinajstić information content (AvgIpc) is 2.54. The van der Waals surface area contributed by atoms with Gasteiger partial charge in [-0.3, -0.25) is 14.9 Å². The number of nitro groups is 1. The van der Waals surface area contributed by atoms with Crippen LogP contribution in [0.1, 0.15) is 11.1 Å². The molecular formula is C16H14N3O5-. The van der Waals surface area contributed by atoms with Gasteiger partial charge in [0.2, 0.25) is 0 Å². The molecule has 0 fully saturated rings. The van der Waals surface area contributed by atoms with Gasteiger partial charge in [-0.15, -0.1) is 0 Å². The molecular weight excluding hydrogens is 314 g/mol. The number of rotatable bonds is 6. The summed E-state index contributed by atoms with van der Waals surface area (Å²) in [6, 6.07) is 10.5. The first-order valence-corrected chi connectivity index (χ1v) is 6.92. The van der Waals surface area contributed by atoms with Crippen molar-refractivity contribution in [1.29, 1.82) is 0 Å². The first-order chi connectivity index (χ1) is 11.5. The van der Waals surface area contributed by atoms with E-state index in [1.165, 1.54) is 0 Å². The lowest BCUT2D eigenvalue weighted by atomic mass is 10.2. The van der Waals surface area contributed by atoms with Crippen LogP contribution in [0.2, 0.25) is 0 Å². The number of hydrogen-bond acceptors (Lipinski definition) is 6. The minimum atomic E-state index is -0.620. The van der Waals surface area contributed by atoms with E-state index in [0.717, 1.165) is 30.0 Å². The van der Waals surface area contributed by atoms with Crippen LogP contribution >= 0.6 is 0 Å². The number of non-ortho nitro benzene ring substituents is 1. The third-order valence-electron chi connectivity index (χ3n) is 2.96. The highest BCUT2D eigenvalue weighted by molar-refractivity contribution is 5.86. The lowest BCUT2D eigenvalue weighted by Gasteiger charge is -2.08. The molecule has 2 aromatic rings. The minimum absolute atomic E-state index is 0.00380. The maximum atomic E-state index is 11.6. The van der Waals surface area contributed by atoms with Crippen LogP contribution < -0.4 is 15.3 Å². The van der Waals surface area contributed by atoms with Gasteiger partial charge in [0, 0.05) is 12.1 Å². The summed E-state index contributed by atoms with van der Waals surface area (Å²) >= 11 is 0. The topological polar surface area (TPSA) is 117 Å². The van der Waals surface area contributed by atoms with Crippen molar-refractivity contribution in [1.82, 2.24) is 5.43 Å². The molecule has 24 heavy (non-hydrogen) atoms. The Bertz CT molecular complexity index is 789. The van der Waals surface area contributed by atoms with Crippen LogP contribution in [0.3, 0.4) is 0 Å². The maximum Gasteiger partial charge on any atom is 0.277 e. The van der Waals surface area contributed by atoms with Crippen molar-refractivity contribution >= 4 is 17.8 Å². The second-order valence-electron chi connectivity index (χ2n) is 4.88. The van der Waals surface area contributed by atoms with Gasteiger partial charge < -0.3 is 9.84 Å². The first-order valence-electron chi connectivity index (χ1n) is 6.92. The number of ether oxygens (including phenoxy) is 1. The molecule has 0 bridgehead atoms. The lowest BCUT2D eigenvalue weighted by Crippen LogP contribution is -2.24. The highest BCUT2D eigenvalue weighted by Crippen LogP contribution is 2.19. The lowest BCUT2D eigenvalue weighted by molar-refractivity contribution is -0.385. The van der Waals surface area contributed by atoms with Gasteiger partial charge in [-0.2, -0.15) is 5.10 Å². The smallest absolute Gasteiger partial charge is 0.277 e. The van der Waals surface area contributed by atoms with E-state index in [-0.39, 0.29) is 17.9 Å². The number of aryl methyl sites for hydroxylation is 1. The molecule has 0 heterocycles. The summed E-state index contributed by atoms with van der Waals surface area (Å²) in [4.78, 5) is 21.7. The SMILES string of the molecule is Cc1cccc(OCC(=O)N/N=C\c2cc([N+](=O)[O-])ccc2[O-])c1. The molecule has 1 N–H and O–H groups in total. The van der Waals surface area contributed by atoms with Gasteiger partial charge in [-0.05, 0) is 30.2 Å². The number of hydrazone groups is 1.